The van der Waals surface area contributed by atoms with Gasteiger partial charge in [-0.1, -0.05) is 12.1 Å². The number of nitrogens with two attached hydrogens (primary N) is 1. The lowest BCUT2D eigenvalue weighted by Crippen LogP contribution is -2.27. The summed E-state index contributed by atoms with van der Waals surface area (Å²) in [6, 6.07) is 8.46. The molecule has 0 radical (unpaired) electrons. The molecule has 6 heteroatoms. The highest BCUT2D eigenvalue weighted by molar-refractivity contribution is 7.88. The van der Waals surface area contributed by atoms with Gasteiger partial charge in [0.15, 0.2) is 0 Å². The molecule has 0 saturated carbocycles. The van der Waals surface area contributed by atoms with E-state index in [0.29, 0.717) is 30.6 Å². The number of hydrogen-bond donors (Lipinski definition) is 2. The van der Waals surface area contributed by atoms with Crippen LogP contribution in [0, 0.1) is 11.3 Å². The van der Waals surface area contributed by atoms with Crippen LogP contribution in [0.15, 0.2) is 24.3 Å². The average molecular weight is 253 g/mol. The molecule has 1 aromatic carbocycles. The van der Waals surface area contributed by atoms with Gasteiger partial charge >= 0.3 is 0 Å². The minimum atomic E-state index is -3.31. The molecule has 0 saturated heterocycles. The molecule has 3 N–H and O–H groups in total. The van der Waals surface area contributed by atoms with Crippen LogP contribution in [0.3, 0.4) is 0 Å². The molecular formula is C11H15N3O2S. The van der Waals surface area contributed by atoms with Crippen molar-refractivity contribution < 1.29 is 8.42 Å². The minimum Gasteiger partial charge on any atom is -0.330 e. The quantitative estimate of drug-likeness (QED) is 0.714. The lowest BCUT2D eigenvalue weighted by atomic mass is 10.2. The molecule has 0 aliphatic carbocycles. The van der Waals surface area contributed by atoms with Crippen molar-refractivity contribution in [3.05, 3.63) is 35.4 Å². The molecule has 1 aromatic rings. The first-order valence-electron chi connectivity index (χ1n) is 5.24. The summed E-state index contributed by atoms with van der Waals surface area (Å²) in [7, 11) is -3.31. The molecule has 0 spiro atoms. The van der Waals surface area contributed by atoms with Gasteiger partial charge in [-0.2, -0.15) is 5.26 Å². The molecule has 17 heavy (non-hydrogen) atoms. The predicted octanol–water partition coefficient (Wildman–Crippen LogP) is 0.326. The molecular weight excluding hydrogens is 238 g/mol. The Morgan fingerprint density at radius 1 is 1.29 bits per heavy atom. The van der Waals surface area contributed by atoms with Gasteiger partial charge in [0.2, 0.25) is 10.0 Å². The number of nitriles is 1. The van der Waals surface area contributed by atoms with Crippen molar-refractivity contribution in [3.63, 3.8) is 0 Å². The first kappa shape index (κ1) is 13.6. The average Bonchev–Trinajstić information content (AvgIpc) is 2.30. The molecule has 0 aliphatic heterocycles. The van der Waals surface area contributed by atoms with Gasteiger partial charge in [-0.3, -0.25) is 0 Å². The van der Waals surface area contributed by atoms with E-state index in [-0.39, 0.29) is 5.75 Å². The lowest BCUT2D eigenvalue weighted by molar-refractivity contribution is 0.578. The zero-order valence-electron chi connectivity index (χ0n) is 9.39. The standard InChI is InChI=1S/C11H15N3O2S/c12-6-1-7-14-17(15,16)9-11-4-2-10(8-13)3-5-11/h2-5,14H,1,6-7,9,12H2. The van der Waals surface area contributed by atoms with E-state index >= 15 is 0 Å². The molecule has 0 fully saturated rings. The highest BCUT2D eigenvalue weighted by Gasteiger charge is 2.10. The molecule has 0 bridgehead atoms. The zero-order valence-corrected chi connectivity index (χ0v) is 10.2. The lowest BCUT2D eigenvalue weighted by Gasteiger charge is -2.06. The van der Waals surface area contributed by atoms with Gasteiger partial charge in [0.1, 0.15) is 0 Å². The largest absolute Gasteiger partial charge is 0.330 e. The van der Waals surface area contributed by atoms with Crippen LogP contribution < -0.4 is 10.5 Å². The van der Waals surface area contributed by atoms with Crippen LogP contribution in [-0.2, 0) is 15.8 Å². The van der Waals surface area contributed by atoms with Crippen LogP contribution in [0.5, 0.6) is 0 Å². The summed E-state index contributed by atoms with van der Waals surface area (Å²) < 4.78 is 25.7. The van der Waals surface area contributed by atoms with Crippen molar-refractivity contribution in [1.29, 1.82) is 5.26 Å². The van der Waals surface area contributed by atoms with Gasteiger partial charge in [-0.25, -0.2) is 13.1 Å². The van der Waals surface area contributed by atoms with E-state index in [1.807, 2.05) is 6.07 Å². The van der Waals surface area contributed by atoms with Crippen molar-refractivity contribution in [3.8, 4) is 6.07 Å². The maximum absolute atomic E-state index is 11.6. The van der Waals surface area contributed by atoms with Crippen molar-refractivity contribution in [2.75, 3.05) is 13.1 Å². The maximum Gasteiger partial charge on any atom is 0.215 e. The molecule has 0 aliphatic rings. The summed E-state index contributed by atoms with van der Waals surface area (Å²) in [4.78, 5) is 0. The molecule has 0 amide bonds. The fraction of sp³-hybridized carbons (Fsp3) is 0.364. The van der Waals surface area contributed by atoms with Crippen LogP contribution in [0.2, 0.25) is 0 Å². The van der Waals surface area contributed by atoms with E-state index in [9.17, 15) is 8.42 Å². The minimum absolute atomic E-state index is 0.0801. The smallest absolute Gasteiger partial charge is 0.215 e. The second-order valence-corrected chi connectivity index (χ2v) is 5.41. The summed E-state index contributed by atoms with van der Waals surface area (Å²) in [5.74, 6) is -0.0801. The summed E-state index contributed by atoms with van der Waals surface area (Å²) in [6.07, 6.45) is 0.618. The molecule has 1 rings (SSSR count). The second kappa shape index (κ2) is 6.35. The van der Waals surface area contributed by atoms with Gasteiger partial charge in [0.05, 0.1) is 17.4 Å². The van der Waals surface area contributed by atoms with Crippen LogP contribution >= 0.6 is 0 Å². The first-order valence-corrected chi connectivity index (χ1v) is 6.89. The van der Waals surface area contributed by atoms with Crippen LogP contribution in [0.4, 0.5) is 0 Å². The number of nitrogens with zero attached hydrogens (tertiary/aromatic N) is 1. The van der Waals surface area contributed by atoms with E-state index in [1.165, 1.54) is 0 Å². The van der Waals surface area contributed by atoms with Gasteiger partial charge in [-0.05, 0) is 30.7 Å². The maximum atomic E-state index is 11.6. The highest BCUT2D eigenvalue weighted by Crippen LogP contribution is 2.06. The van der Waals surface area contributed by atoms with Gasteiger partial charge < -0.3 is 5.73 Å². The molecule has 0 unspecified atom stereocenters. The summed E-state index contributed by atoms with van der Waals surface area (Å²) >= 11 is 0. The summed E-state index contributed by atoms with van der Waals surface area (Å²) in [6.45, 7) is 0.814. The molecule has 0 atom stereocenters. The van der Waals surface area contributed by atoms with E-state index in [4.69, 9.17) is 11.0 Å². The van der Waals surface area contributed by atoms with Crippen molar-refractivity contribution >= 4 is 10.0 Å². The third kappa shape index (κ3) is 4.95. The monoisotopic (exact) mass is 253 g/mol. The zero-order chi connectivity index (χ0) is 12.7. The molecule has 0 aromatic heterocycles. The Kier molecular flexibility index (Phi) is 5.10. The Balaban J connectivity index is 2.60. The Bertz CT molecular complexity index is 488. The van der Waals surface area contributed by atoms with E-state index in [2.05, 4.69) is 4.72 Å². The van der Waals surface area contributed by atoms with Crippen molar-refractivity contribution in [2.24, 2.45) is 5.73 Å². The van der Waals surface area contributed by atoms with Crippen LogP contribution in [0.1, 0.15) is 17.5 Å². The van der Waals surface area contributed by atoms with E-state index in [0.717, 1.165) is 0 Å². The van der Waals surface area contributed by atoms with Crippen LogP contribution in [-0.4, -0.2) is 21.5 Å². The predicted molar refractivity (Wildman–Crippen MR) is 65.5 cm³/mol. The summed E-state index contributed by atoms with van der Waals surface area (Å²) in [5, 5.41) is 8.61. The SMILES string of the molecule is N#Cc1ccc(CS(=O)(=O)NCCCN)cc1. The fourth-order valence-corrected chi connectivity index (χ4v) is 2.46. The third-order valence-corrected chi connectivity index (χ3v) is 3.50. The van der Waals surface area contributed by atoms with E-state index in [1.54, 1.807) is 24.3 Å². The Morgan fingerprint density at radius 2 is 1.94 bits per heavy atom. The first-order chi connectivity index (χ1) is 8.07. The van der Waals surface area contributed by atoms with Gasteiger partial charge in [0, 0.05) is 6.54 Å². The van der Waals surface area contributed by atoms with Crippen molar-refractivity contribution in [1.82, 2.24) is 4.72 Å². The molecule has 5 nitrogen and oxygen atoms in total. The molecule has 92 valence electrons. The second-order valence-electron chi connectivity index (χ2n) is 3.60. The van der Waals surface area contributed by atoms with Crippen molar-refractivity contribution in [2.45, 2.75) is 12.2 Å². The topological polar surface area (TPSA) is 96.0 Å². The Hall–Kier alpha value is -1.42. The number of rotatable bonds is 6. The number of sulfonamides is 1. The normalized spacial score (nSPS) is 11.1. The number of hydrogen-bond acceptors (Lipinski definition) is 4. The molecule has 0 heterocycles. The Labute approximate surface area is 101 Å². The summed E-state index contributed by atoms with van der Waals surface area (Å²) in [5.41, 5.74) is 6.45. The third-order valence-electron chi connectivity index (χ3n) is 2.14. The van der Waals surface area contributed by atoms with E-state index < -0.39 is 10.0 Å². The number of benzene rings is 1. The number of nitrogens with one attached hydrogen (secondary N) is 1. The van der Waals surface area contributed by atoms with Crippen LogP contribution in [0.25, 0.3) is 0 Å². The van der Waals surface area contributed by atoms with Gasteiger partial charge in [-0.15, -0.1) is 0 Å². The fourth-order valence-electron chi connectivity index (χ4n) is 1.28. The Morgan fingerprint density at radius 3 is 2.47 bits per heavy atom. The highest BCUT2D eigenvalue weighted by atomic mass is 32.2. The van der Waals surface area contributed by atoms with Gasteiger partial charge in [0.25, 0.3) is 0 Å².